The summed E-state index contributed by atoms with van der Waals surface area (Å²) < 4.78 is 17.3. The molecule has 0 heterocycles. The van der Waals surface area contributed by atoms with Crippen molar-refractivity contribution in [2.24, 2.45) is 0 Å². The zero-order valence-corrected chi connectivity index (χ0v) is 19.5. The van der Waals surface area contributed by atoms with Crippen LogP contribution in [0.2, 0.25) is 0 Å². The number of carboxylic acids is 1. The molecule has 0 fully saturated rings. The minimum absolute atomic E-state index is 0.0956. The molecule has 3 unspecified atom stereocenters. The highest BCUT2D eigenvalue weighted by Crippen LogP contribution is 2.13. The Labute approximate surface area is 179 Å². The number of carbonyl (C=O) groups is 1. The minimum atomic E-state index is -0.672. The molecular formula is C24H47O5. The highest BCUT2D eigenvalue weighted by Gasteiger charge is 2.09. The van der Waals surface area contributed by atoms with E-state index < -0.39 is 5.97 Å². The summed E-state index contributed by atoms with van der Waals surface area (Å²) in [5.41, 5.74) is 0. The summed E-state index contributed by atoms with van der Waals surface area (Å²) in [7, 11) is 0. The number of carboxylic acid groups (broad SMARTS) is 1. The van der Waals surface area contributed by atoms with Crippen molar-refractivity contribution >= 4 is 5.97 Å². The summed E-state index contributed by atoms with van der Waals surface area (Å²) in [6.07, 6.45) is 15.9. The van der Waals surface area contributed by atoms with Crippen LogP contribution in [-0.4, -0.2) is 49.2 Å². The number of hydrogen-bond acceptors (Lipinski definition) is 4. The monoisotopic (exact) mass is 415 g/mol. The van der Waals surface area contributed by atoms with Crippen molar-refractivity contribution in [1.82, 2.24) is 0 Å². The Morgan fingerprint density at radius 3 is 1.69 bits per heavy atom. The van der Waals surface area contributed by atoms with E-state index >= 15 is 0 Å². The average Bonchev–Trinajstić information content (AvgIpc) is 2.69. The van der Waals surface area contributed by atoms with Gasteiger partial charge in [-0.2, -0.15) is 0 Å². The normalized spacial score (nSPS) is 14.6. The predicted molar refractivity (Wildman–Crippen MR) is 119 cm³/mol. The van der Waals surface area contributed by atoms with Crippen molar-refractivity contribution in [3.63, 3.8) is 0 Å². The second-order valence-corrected chi connectivity index (χ2v) is 8.31. The zero-order chi connectivity index (χ0) is 21.7. The van der Waals surface area contributed by atoms with Crippen LogP contribution in [0.5, 0.6) is 0 Å². The van der Waals surface area contributed by atoms with Gasteiger partial charge in [-0.15, -0.1) is 0 Å². The molecule has 3 atom stereocenters. The summed E-state index contributed by atoms with van der Waals surface area (Å²) in [6.45, 7) is 10.1. The molecule has 0 aliphatic heterocycles. The Morgan fingerprint density at radius 1 is 0.724 bits per heavy atom. The van der Waals surface area contributed by atoms with E-state index in [1.54, 1.807) is 0 Å². The molecule has 0 aromatic heterocycles. The second-order valence-electron chi connectivity index (χ2n) is 8.31. The van der Waals surface area contributed by atoms with Gasteiger partial charge in [-0.3, -0.25) is 4.79 Å². The third kappa shape index (κ3) is 21.9. The van der Waals surface area contributed by atoms with E-state index in [-0.39, 0.29) is 18.3 Å². The summed E-state index contributed by atoms with van der Waals surface area (Å²) in [5, 5.41) is 8.59. The average molecular weight is 416 g/mol. The van der Waals surface area contributed by atoms with Crippen LogP contribution in [-0.2, 0) is 19.0 Å². The maximum atomic E-state index is 10.4. The Bertz CT molecular complexity index is 361. The van der Waals surface area contributed by atoms with Crippen molar-refractivity contribution in [2.45, 2.75) is 123 Å². The smallest absolute Gasteiger partial charge is 0.303 e. The van der Waals surface area contributed by atoms with Crippen LogP contribution < -0.4 is 0 Å². The number of hydrogen-bond donors (Lipinski definition) is 1. The molecule has 0 aromatic rings. The van der Waals surface area contributed by atoms with E-state index in [0.29, 0.717) is 26.2 Å². The van der Waals surface area contributed by atoms with Crippen LogP contribution in [0.1, 0.15) is 105 Å². The lowest BCUT2D eigenvalue weighted by Crippen LogP contribution is -2.25. The quantitative estimate of drug-likeness (QED) is 0.214. The van der Waals surface area contributed by atoms with Crippen molar-refractivity contribution in [1.29, 1.82) is 0 Å². The second kappa shape index (κ2) is 20.6. The fourth-order valence-electron chi connectivity index (χ4n) is 3.16. The lowest BCUT2D eigenvalue weighted by molar-refractivity contribution is -0.137. The van der Waals surface area contributed by atoms with Crippen molar-refractivity contribution in [3.8, 4) is 0 Å². The van der Waals surface area contributed by atoms with Crippen LogP contribution in [0.15, 0.2) is 0 Å². The minimum Gasteiger partial charge on any atom is -0.481 e. The Hall–Kier alpha value is -0.650. The number of aliphatic carboxylic acids is 1. The molecule has 0 bridgehead atoms. The van der Waals surface area contributed by atoms with Crippen LogP contribution in [0.4, 0.5) is 0 Å². The molecule has 1 N–H and O–H groups in total. The first-order valence-electron chi connectivity index (χ1n) is 11.8. The van der Waals surface area contributed by atoms with Crippen molar-refractivity contribution < 1.29 is 24.1 Å². The van der Waals surface area contributed by atoms with Crippen molar-refractivity contribution in [3.05, 3.63) is 6.42 Å². The number of unbranched alkanes of at least 4 members (excludes halogenated alkanes) is 9. The molecule has 0 saturated carbocycles. The van der Waals surface area contributed by atoms with E-state index in [4.69, 9.17) is 19.3 Å². The van der Waals surface area contributed by atoms with Crippen LogP contribution in [0, 0.1) is 6.42 Å². The van der Waals surface area contributed by atoms with Gasteiger partial charge in [-0.1, -0.05) is 64.7 Å². The molecule has 0 aliphatic rings. The molecule has 1 radical (unpaired) electrons. The van der Waals surface area contributed by atoms with Crippen molar-refractivity contribution in [2.75, 3.05) is 19.8 Å². The topological polar surface area (TPSA) is 65.0 Å². The first-order chi connectivity index (χ1) is 14.0. The van der Waals surface area contributed by atoms with E-state index in [1.807, 2.05) is 20.3 Å². The zero-order valence-electron chi connectivity index (χ0n) is 19.5. The molecule has 0 saturated heterocycles. The summed E-state index contributed by atoms with van der Waals surface area (Å²) in [5.74, 6) is -0.672. The summed E-state index contributed by atoms with van der Waals surface area (Å²) in [6, 6.07) is 0. The fraction of sp³-hybridized carbons (Fsp3) is 0.917. The lowest BCUT2D eigenvalue weighted by atomic mass is 10.0. The van der Waals surface area contributed by atoms with Crippen LogP contribution in [0.3, 0.4) is 0 Å². The molecule has 0 aromatic carbocycles. The molecule has 5 heteroatoms. The lowest BCUT2D eigenvalue weighted by Gasteiger charge is -2.20. The molecular weight excluding hydrogens is 368 g/mol. The van der Waals surface area contributed by atoms with Gasteiger partial charge in [0.05, 0.1) is 31.5 Å². The summed E-state index contributed by atoms with van der Waals surface area (Å²) in [4.78, 5) is 10.4. The van der Waals surface area contributed by atoms with Gasteiger partial charge < -0.3 is 19.3 Å². The standard InChI is InChI=1S/C24H47O5/c1-5-18-27-22(3)19-29-23(4)20-28-21(2)16-14-12-10-8-6-7-9-11-13-15-17-24(25)26/h5,21-23H,6-20H2,1-4H3,(H,25,26). The first kappa shape index (κ1) is 28.4. The third-order valence-electron chi connectivity index (χ3n) is 5.03. The summed E-state index contributed by atoms with van der Waals surface area (Å²) >= 11 is 0. The van der Waals surface area contributed by atoms with Gasteiger partial charge in [0.1, 0.15) is 0 Å². The largest absolute Gasteiger partial charge is 0.481 e. The molecule has 0 aliphatic carbocycles. The molecule has 5 nitrogen and oxygen atoms in total. The highest BCUT2D eigenvalue weighted by atomic mass is 16.6. The SMILES string of the molecule is C[CH]COC(C)COC(C)COC(C)CCCCCCCCCCCCC(=O)O. The molecule has 0 rings (SSSR count). The Morgan fingerprint density at radius 2 is 1.17 bits per heavy atom. The van der Waals surface area contributed by atoms with Gasteiger partial charge in [0.25, 0.3) is 0 Å². The Balaban J connectivity index is 3.36. The van der Waals surface area contributed by atoms with Crippen LogP contribution in [0.25, 0.3) is 0 Å². The van der Waals surface area contributed by atoms with E-state index in [2.05, 4.69) is 13.8 Å². The van der Waals surface area contributed by atoms with Gasteiger partial charge in [0.15, 0.2) is 0 Å². The maximum Gasteiger partial charge on any atom is 0.303 e. The number of ether oxygens (including phenoxy) is 3. The highest BCUT2D eigenvalue weighted by molar-refractivity contribution is 5.66. The maximum absolute atomic E-state index is 10.4. The first-order valence-corrected chi connectivity index (χ1v) is 11.8. The molecule has 0 amide bonds. The van der Waals surface area contributed by atoms with Gasteiger partial charge >= 0.3 is 5.97 Å². The predicted octanol–water partition coefficient (Wildman–Crippen LogP) is 6.19. The van der Waals surface area contributed by atoms with Gasteiger partial charge in [-0.05, 0) is 40.0 Å². The molecule has 173 valence electrons. The van der Waals surface area contributed by atoms with E-state index in [0.717, 1.165) is 19.3 Å². The third-order valence-corrected chi connectivity index (χ3v) is 5.03. The van der Waals surface area contributed by atoms with Gasteiger partial charge in [0, 0.05) is 13.0 Å². The van der Waals surface area contributed by atoms with E-state index in [9.17, 15) is 4.79 Å². The molecule has 29 heavy (non-hydrogen) atoms. The van der Waals surface area contributed by atoms with E-state index in [1.165, 1.54) is 51.4 Å². The fourth-order valence-corrected chi connectivity index (χ4v) is 3.16. The van der Waals surface area contributed by atoms with Gasteiger partial charge in [-0.25, -0.2) is 0 Å². The molecule has 0 spiro atoms. The Kier molecular flexibility index (Phi) is 20.2. The number of rotatable bonds is 22. The van der Waals surface area contributed by atoms with Crippen LogP contribution >= 0.6 is 0 Å². The van der Waals surface area contributed by atoms with Gasteiger partial charge in [0.2, 0.25) is 0 Å².